The minimum Gasteiger partial charge on any atom is -0.389 e. The van der Waals surface area contributed by atoms with E-state index >= 15 is 0 Å². The summed E-state index contributed by atoms with van der Waals surface area (Å²) < 4.78 is 0. The summed E-state index contributed by atoms with van der Waals surface area (Å²) in [4.78, 5) is 3.69. The van der Waals surface area contributed by atoms with Gasteiger partial charge in [0.1, 0.15) is 0 Å². The Morgan fingerprint density at radius 1 is 1.05 bits per heavy atom. The monoisotopic (exact) mass is 277 g/mol. The third-order valence-corrected chi connectivity index (χ3v) is 3.94. The van der Waals surface area contributed by atoms with Crippen molar-refractivity contribution in [2.24, 2.45) is 0 Å². The zero-order valence-electron chi connectivity index (χ0n) is 12.0. The van der Waals surface area contributed by atoms with Crippen LogP contribution in [0.3, 0.4) is 0 Å². The fraction of sp³-hybridized carbons (Fsp3) is 0.278. The Hall–Kier alpha value is -2.31. The smallest absolute Gasteiger partial charge is 0.209 e. The van der Waals surface area contributed by atoms with Crippen LogP contribution in [0.2, 0.25) is 0 Å². The summed E-state index contributed by atoms with van der Waals surface area (Å²) in [5.74, 6) is 0. The minimum absolute atomic E-state index is 0.728. The molecule has 21 heavy (non-hydrogen) atoms. The molecular formula is C18H19N3. The first-order valence-corrected chi connectivity index (χ1v) is 7.39. The maximum absolute atomic E-state index is 7.41. The van der Waals surface area contributed by atoms with Gasteiger partial charge in [0.15, 0.2) is 0 Å². The van der Waals surface area contributed by atoms with Crippen molar-refractivity contribution in [2.75, 3.05) is 18.4 Å². The molecule has 0 amide bonds. The largest absolute Gasteiger partial charge is 0.389 e. The van der Waals surface area contributed by atoms with Crippen molar-refractivity contribution in [3.63, 3.8) is 0 Å². The Balaban J connectivity index is 1.90. The summed E-state index contributed by atoms with van der Waals surface area (Å²) in [5, 5.41) is 6.92. The van der Waals surface area contributed by atoms with E-state index in [1.807, 2.05) is 24.3 Å². The van der Waals surface area contributed by atoms with E-state index in [9.17, 15) is 0 Å². The second-order valence-electron chi connectivity index (χ2n) is 5.30. The van der Waals surface area contributed by atoms with E-state index < -0.39 is 0 Å². The molecule has 0 atom stereocenters. The van der Waals surface area contributed by atoms with Gasteiger partial charge in [-0.2, -0.15) is 0 Å². The van der Waals surface area contributed by atoms with Gasteiger partial charge in [0.25, 0.3) is 0 Å². The summed E-state index contributed by atoms with van der Waals surface area (Å²) >= 11 is 0. The van der Waals surface area contributed by atoms with Gasteiger partial charge < -0.3 is 10.6 Å². The average Bonchev–Trinajstić information content (AvgIpc) is 2.79. The zero-order chi connectivity index (χ0) is 14.5. The molecule has 3 heteroatoms. The van der Waals surface area contributed by atoms with E-state index in [0.29, 0.717) is 0 Å². The number of hydrogen-bond donors (Lipinski definition) is 2. The number of anilines is 1. The molecule has 0 spiro atoms. The van der Waals surface area contributed by atoms with Crippen molar-refractivity contribution < 1.29 is 0 Å². The highest BCUT2D eigenvalue weighted by Crippen LogP contribution is 2.33. The highest BCUT2D eigenvalue weighted by molar-refractivity contribution is 5.75. The second-order valence-corrected chi connectivity index (χ2v) is 5.30. The molecule has 2 aromatic rings. The van der Waals surface area contributed by atoms with E-state index in [1.165, 1.54) is 16.7 Å². The predicted octanol–water partition coefficient (Wildman–Crippen LogP) is 3.54. The van der Waals surface area contributed by atoms with E-state index in [1.54, 1.807) is 0 Å². The van der Waals surface area contributed by atoms with Crippen LogP contribution in [0.25, 0.3) is 4.85 Å². The van der Waals surface area contributed by atoms with Crippen molar-refractivity contribution in [1.82, 2.24) is 5.32 Å². The minimum atomic E-state index is 0.728. The number of nitrogens with one attached hydrogen (secondary N) is 2. The van der Waals surface area contributed by atoms with Gasteiger partial charge in [-0.25, -0.2) is 4.85 Å². The lowest BCUT2D eigenvalue weighted by Gasteiger charge is -2.16. The van der Waals surface area contributed by atoms with E-state index in [4.69, 9.17) is 6.57 Å². The Morgan fingerprint density at radius 3 is 2.67 bits per heavy atom. The fourth-order valence-electron chi connectivity index (χ4n) is 2.84. The van der Waals surface area contributed by atoms with Crippen molar-refractivity contribution in [1.29, 1.82) is 0 Å². The Labute approximate surface area is 125 Å². The zero-order valence-corrected chi connectivity index (χ0v) is 12.0. The Bertz CT molecular complexity index is 656. The number of benzene rings is 2. The standard InChI is InChI=1S/C18H19N3/c1-19-17-8-7-15-9-11-20-12-10-16(15)18(17)21-13-14-5-3-2-4-6-14/h2-8,20-21H,9-13H2. The van der Waals surface area contributed by atoms with Crippen LogP contribution in [0, 0.1) is 6.57 Å². The molecule has 0 radical (unpaired) electrons. The number of hydrogen-bond acceptors (Lipinski definition) is 2. The summed E-state index contributed by atoms with van der Waals surface area (Å²) in [6.45, 7) is 10.2. The summed E-state index contributed by atoms with van der Waals surface area (Å²) in [6.07, 6.45) is 2.02. The number of nitrogens with zero attached hydrogens (tertiary/aromatic N) is 1. The normalized spacial score (nSPS) is 13.9. The van der Waals surface area contributed by atoms with Crippen LogP contribution < -0.4 is 10.6 Å². The molecule has 3 rings (SSSR count). The lowest BCUT2D eigenvalue weighted by Crippen LogP contribution is -2.16. The molecule has 0 aromatic heterocycles. The molecule has 0 saturated carbocycles. The SMILES string of the molecule is [C-]#[N+]c1ccc2c(c1NCc1ccccc1)CCNCC2. The molecule has 1 heterocycles. The molecule has 0 saturated heterocycles. The number of fused-ring (bicyclic) bond motifs is 1. The number of rotatable bonds is 3. The van der Waals surface area contributed by atoms with Gasteiger partial charge in [-0.3, -0.25) is 0 Å². The van der Waals surface area contributed by atoms with Gasteiger partial charge in [-0.1, -0.05) is 42.5 Å². The molecule has 0 fully saturated rings. The first-order chi connectivity index (χ1) is 10.4. The van der Waals surface area contributed by atoms with Gasteiger partial charge in [0, 0.05) is 12.2 Å². The molecule has 2 N–H and O–H groups in total. The molecule has 106 valence electrons. The van der Waals surface area contributed by atoms with Crippen LogP contribution in [0.1, 0.15) is 16.7 Å². The molecule has 1 aliphatic heterocycles. The topological polar surface area (TPSA) is 28.4 Å². The molecule has 0 bridgehead atoms. The predicted molar refractivity (Wildman–Crippen MR) is 86.8 cm³/mol. The van der Waals surface area contributed by atoms with E-state index in [2.05, 4.69) is 33.7 Å². The molecule has 1 aliphatic rings. The van der Waals surface area contributed by atoms with Crippen molar-refractivity contribution >= 4 is 11.4 Å². The molecular weight excluding hydrogens is 258 g/mol. The van der Waals surface area contributed by atoms with Crippen LogP contribution in [-0.4, -0.2) is 13.1 Å². The molecule has 2 aromatic carbocycles. The first kappa shape index (κ1) is 13.7. The second kappa shape index (κ2) is 6.43. The Kier molecular flexibility index (Phi) is 4.18. The molecule has 3 nitrogen and oxygen atoms in total. The first-order valence-electron chi connectivity index (χ1n) is 7.39. The Morgan fingerprint density at radius 2 is 1.86 bits per heavy atom. The van der Waals surface area contributed by atoms with Crippen LogP contribution in [0.15, 0.2) is 42.5 Å². The highest BCUT2D eigenvalue weighted by atomic mass is 14.9. The highest BCUT2D eigenvalue weighted by Gasteiger charge is 2.15. The van der Waals surface area contributed by atoms with Gasteiger partial charge in [0.2, 0.25) is 5.69 Å². The summed E-state index contributed by atoms with van der Waals surface area (Å²) in [5.41, 5.74) is 5.66. The van der Waals surface area contributed by atoms with Gasteiger partial charge in [0.05, 0.1) is 6.57 Å². The fourth-order valence-corrected chi connectivity index (χ4v) is 2.84. The van der Waals surface area contributed by atoms with Gasteiger partial charge >= 0.3 is 0 Å². The lowest BCUT2D eigenvalue weighted by atomic mass is 9.99. The quantitative estimate of drug-likeness (QED) is 0.840. The lowest BCUT2D eigenvalue weighted by molar-refractivity contribution is 0.711. The maximum Gasteiger partial charge on any atom is 0.209 e. The van der Waals surface area contributed by atoms with Crippen molar-refractivity contribution in [2.45, 2.75) is 19.4 Å². The van der Waals surface area contributed by atoms with E-state index in [0.717, 1.165) is 43.9 Å². The van der Waals surface area contributed by atoms with E-state index in [-0.39, 0.29) is 0 Å². The summed E-state index contributed by atoms with van der Waals surface area (Å²) in [6, 6.07) is 14.4. The van der Waals surface area contributed by atoms with Gasteiger partial charge in [-0.05, 0) is 42.6 Å². The third-order valence-electron chi connectivity index (χ3n) is 3.94. The van der Waals surface area contributed by atoms with Crippen LogP contribution in [-0.2, 0) is 19.4 Å². The van der Waals surface area contributed by atoms with Gasteiger partial charge in [-0.15, -0.1) is 0 Å². The van der Waals surface area contributed by atoms with Crippen molar-refractivity contribution in [3.05, 3.63) is 70.6 Å². The van der Waals surface area contributed by atoms with Crippen LogP contribution in [0.5, 0.6) is 0 Å². The van der Waals surface area contributed by atoms with Crippen LogP contribution in [0.4, 0.5) is 11.4 Å². The average molecular weight is 277 g/mol. The molecule has 0 aliphatic carbocycles. The maximum atomic E-state index is 7.41. The third kappa shape index (κ3) is 3.07. The molecule has 0 unspecified atom stereocenters. The summed E-state index contributed by atoms with van der Waals surface area (Å²) in [7, 11) is 0. The van der Waals surface area contributed by atoms with Crippen LogP contribution >= 0.6 is 0 Å². The van der Waals surface area contributed by atoms with Crippen molar-refractivity contribution in [3.8, 4) is 0 Å².